The van der Waals surface area contributed by atoms with Crippen molar-refractivity contribution in [1.82, 2.24) is 0 Å². The minimum atomic E-state index is -3.15. The van der Waals surface area contributed by atoms with Gasteiger partial charge >= 0.3 is 0 Å². The molecule has 13 heavy (non-hydrogen) atoms. The van der Waals surface area contributed by atoms with Crippen LogP contribution in [0.15, 0.2) is 29.2 Å². The summed E-state index contributed by atoms with van der Waals surface area (Å²) in [5.41, 5.74) is 0.641. The lowest BCUT2D eigenvalue weighted by molar-refractivity contribution is 0.570. The van der Waals surface area contributed by atoms with Crippen molar-refractivity contribution in [3.63, 3.8) is 0 Å². The van der Waals surface area contributed by atoms with E-state index in [-0.39, 0.29) is 4.90 Å². The Morgan fingerprint density at radius 2 is 1.77 bits per heavy atom. The SMILES string of the molecule is CS(=O)(=O)c1ccc(C=C=O)cc1. The first kappa shape index (κ1) is 9.71. The third kappa shape index (κ3) is 2.54. The molecule has 0 atom stereocenters. The van der Waals surface area contributed by atoms with Crippen molar-refractivity contribution in [3.05, 3.63) is 29.8 Å². The molecule has 68 valence electrons. The molecule has 0 saturated carbocycles. The second-order valence-electron chi connectivity index (χ2n) is 2.60. The Morgan fingerprint density at radius 1 is 1.23 bits per heavy atom. The quantitative estimate of drug-likeness (QED) is 0.661. The molecule has 0 bridgehead atoms. The molecule has 0 radical (unpaired) electrons. The van der Waals surface area contributed by atoms with Gasteiger partial charge in [0.05, 0.1) is 4.90 Å². The Kier molecular flexibility index (Phi) is 2.66. The normalized spacial score (nSPS) is 10.5. The van der Waals surface area contributed by atoms with E-state index in [2.05, 4.69) is 0 Å². The van der Waals surface area contributed by atoms with Gasteiger partial charge in [-0.1, -0.05) is 12.1 Å². The lowest BCUT2D eigenvalue weighted by Crippen LogP contribution is -1.95. The Labute approximate surface area is 76.6 Å². The summed E-state index contributed by atoms with van der Waals surface area (Å²) in [6.07, 6.45) is 2.38. The number of hydrogen-bond acceptors (Lipinski definition) is 3. The predicted molar refractivity (Wildman–Crippen MR) is 49.7 cm³/mol. The average molecular weight is 196 g/mol. The van der Waals surface area contributed by atoms with E-state index in [4.69, 9.17) is 0 Å². The van der Waals surface area contributed by atoms with E-state index in [9.17, 15) is 13.2 Å². The summed E-state index contributed by atoms with van der Waals surface area (Å²) in [5.74, 6) is 1.62. The smallest absolute Gasteiger partial charge is 0.175 e. The molecule has 0 aromatic heterocycles. The molecule has 4 heteroatoms. The van der Waals surface area contributed by atoms with Crippen molar-refractivity contribution in [1.29, 1.82) is 0 Å². The number of hydrogen-bond donors (Lipinski definition) is 0. The molecule has 0 saturated heterocycles. The topological polar surface area (TPSA) is 51.2 Å². The van der Waals surface area contributed by atoms with Gasteiger partial charge in [0.25, 0.3) is 0 Å². The highest BCUT2D eigenvalue weighted by atomic mass is 32.2. The number of sulfone groups is 1. The van der Waals surface area contributed by atoms with Crippen LogP contribution in [0.4, 0.5) is 0 Å². The fourth-order valence-corrected chi connectivity index (χ4v) is 1.51. The maximum Gasteiger partial charge on any atom is 0.175 e. The van der Waals surface area contributed by atoms with Gasteiger partial charge < -0.3 is 0 Å². The van der Waals surface area contributed by atoms with Gasteiger partial charge in [-0.05, 0) is 17.7 Å². The van der Waals surface area contributed by atoms with Crippen molar-refractivity contribution in [3.8, 4) is 0 Å². The molecule has 1 aromatic rings. The van der Waals surface area contributed by atoms with Gasteiger partial charge in [-0.15, -0.1) is 0 Å². The third-order valence-corrected chi connectivity index (χ3v) is 2.66. The van der Waals surface area contributed by atoms with E-state index < -0.39 is 9.84 Å². The Bertz CT molecular complexity index is 436. The van der Waals surface area contributed by atoms with Crippen molar-refractivity contribution in [2.75, 3.05) is 6.26 Å². The molecule has 3 nitrogen and oxygen atoms in total. The summed E-state index contributed by atoms with van der Waals surface area (Å²) in [4.78, 5) is 10.2. The van der Waals surface area contributed by atoms with Crippen LogP contribution in [0.1, 0.15) is 5.56 Å². The highest BCUT2D eigenvalue weighted by molar-refractivity contribution is 7.90. The first-order valence-corrected chi connectivity index (χ1v) is 5.44. The van der Waals surface area contributed by atoms with E-state index in [1.807, 2.05) is 0 Å². The average Bonchev–Trinajstić information content (AvgIpc) is 2.04. The van der Waals surface area contributed by atoms with E-state index in [0.29, 0.717) is 5.56 Å². The van der Waals surface area contributed by atoms with Crippen LogP contribution in [0, 0.1) is 0 Å². The minimum absolute atomic E-state index is 0.246. The van der Waals surface area contributed by atoms with Gasteiger partial charge in [-0.2, -0.15) is 0 Å². The van der Waals surface area contributed by atoms with Gasteiger partial charge in [-0.3, -0.25) is 0 Å². The molecule has 0 aliphatic rings. The fraction of sp³-hybridized carbons (Fsp3) is 0.111. The predicted octanol–water partition coefficient (Wildman–Crippen LogP) is 0.935. The van der Waals surface area contributed by atoms with Gasteiger partial charge in [-0.25, -0.2) is 13.2 Å². The summed E-state index contributed by atoms with van der Waals surface area (Å²) < 4.78 is 22.0. The standard InChI is InChI=1S/C9H8O3S/c1-13(11,12)9-4-2-8(3-5-9)6-7-10/h2-6H,1H3. The Balaban J connectivity index is 3.15. The van der Waals surface area contributed by atoms with Gasteiger partial charge in [0.15, 0.2) is 9.84 Å². The zero-order chi connectivity index (χ0) is 9.90. The number of rotatable bonds is 2. The highest BCUT2D eigenvalue weighted by Crippen LogP contribution is 2.10. The summed E-state index contributed by atoms with van der Waals surface area (Å²) in [5, 5.41) is 0. The molecule has 1 aromatic carbocycles. The lowest BCUT2D eigenvalue weighted by Gasteiger charge is -1.96. The monoisotopic (exact) mass is 196 g/mol. The molecular weight excluding hydrogens is 188 g/mol. The summed E-state index contributed by atoms with van der Waals surface area (Å²) in [7, 11) is -3.15. The van der Waals surface area contributed by atoms with Crippen LogP contribution in [-0.4, -0.2) is 20.6 Å². The van der Waals surface area contributed by atoms with Crippen LogP contribution < -0.4 is 0 Å². The molecular formula is C9H8O3S. The third-order valence-electron chi connectivity index (χ3n) is 1.53. The van der Waals surface area contributed by atoms with Gasteiger partial charge in [0, 0.05) is 12.3 Å². The molecule has 0 aliphatic heterocycles. The van der Waals surface area contributed by atoms with Crippen LogP contribution >= 0.6 is 0 Å². The molecule has 0 spiro atoms. The second kappa shape index (κ2) is 3.56. The zero-order valence-electron chi connectivity index (χ0n) is 7.02. The number of carbonyl (C=O) groups excluding carboxylic acids is 1. The van der Waals surface area contributed by atoms with E-state index in [1.165, 1.54) is 18.2 Å². The van der Waals surface area contributed by atoms with Crippen LogP contribution in [0.3, 0.4) is 0 Å². The Morgan fingerprint density at radius 3 is 2.15 bits per heavy atom. The molecule has 0 fully saturated rings. The van der Waals surface area contributed by atoms with Crippen molar-refractivity contribution in [2.24, 2.45) is 0 Å². The summed E-state index contributed by atoms with van der Waals surface area (Å²) in [6, 6.07) is 6.03. The summed E-state index contributed by atoms with van der Waals surface area (Å²) >= 11 is 0. The largest absolute Gasteiger partial charge is 0.233 e. The van der Waals surface area contributed by atoms with Crippen molar-refractivity contribution in [2.45, 2.75) is 4.90 Å². The first-order chi connectivity index (χ1) is 6.04. The van der Waals surface area contributed by atoms with Crippen molar-refractivity contribution >= 4 is 21.9 Å². The molecule has 1 rings (SSSR count). The van der Waals surface area contributed by atoms with Crippen LogP contribution in [0.2, 0.25) is 0 Å². The fourth-order valence-electron chi connectivity index (χ4n) is 0.879. The number of benzene rings is 1. The molecule has 0 N–H and O–H groups in total. The Hall–Kier alpha value is -1.38. The van der Waals surface area contributed by atoms with E-state index >= 15 is 0 Å². The van der Waals surface area contributed by atoms with Crippen LogP contribution in [-0.2, 0) is 14.6 Å². The van der Waals surface area contributed by atoms with E-state index in [1.54, 1.807) is 18.1 Å². The lowest BCUT2D eigenvalue weighted by atomic mass is 10.2. The molecule has 0 heterocycles. The minimum Gasteiger partial charge on any atom is -0.233 e. The molecule has 0 unspecified atom stereocenters. The maximum absolute atomic E-state index is 11.0. The summed E-state index contributed by atoms with van der Waals surface area (Å²) in [6.45, 7) is 0. The zero-order valence-corrected chi connectivity index (χ0v) is 7.84. The molecule has 0 aliphatic carbocycles. The van der Waals surface area contributed by atoms with E-state index in [0.717, 1.165) is 6.26 Å². The highest BCUT2D eigenvalue weighted by Gasteiger charge is 2.04. The first-order valence-electron chi connectivity index (χ1n) is 3.55. The molecule has 0 amide bonds. The van der Waals surface area contributed by atoms with Gasteiger partial charge in [0.1, 0.15) is 5.94 Å². The van der Waals surface area contributed by atoms with Gasteiger partial charge in [0.2, 0.25) is 0 Å². The van der Waals surface area contributed by atoms with Crippen LogP contribution in [0.25, 0.3) is 6.08 Å². The second-order valence-corrected chi connectivity index (χ2v) is 4.62. The van der Waals surface area contributed by atoms with Crippen LogP contribution in [0.5, 0.6) is 0 Å². The van der Waals surface area contributed by atoms with Crippen molar-refractivity contribution < 1.29 is 13.2 Å². The maximum atomic E-state index is 11.0.